The number of hydrogen-bond acceptors (Lipinski definition) is 2. The molecule has 0 amide bonds. The van der Waals surface area contributed by atoms with Gasteiger partial charge in [0.2, 0.25) is 10.0 Å². The summed E-state index contributed by atoms with van der Waals surface area (Å²) in [5.74, 6) is 0.0465. The van der Waals surface area contributed by atoms with Gasteiger partial charge in [0, 0.05) is 18.5 Å². The summed E-state index contributed by atoms with van der Waals surface area (Å²) in [5.41, 5.74) is 1.98. The number of nitrogens with zero attached hydrogens (tertiary/aromatic N) is 1. The smallest absolute Gasteiger partial charge is 0.207 e. The van der Waals surface area contributed by atoms with Crippen molar-refractivity contribution in [2.45, 2.75) is 37.6 Å². The van der Waals surface area contributed by atoms with Crippen molar-refractivity contribution in [1.82, 2.24) is 4.31 Å². The van der Waals surface area contributed by atoms with Gasteiger partial charge in [-0.25, -0.2) is 8.42 Å². The Morgan fingerprint density at radius 3 is 2.48 bits per heavy atom. The van der Waals surface area contributed by atoms with Gasteiger partial charge >= 0.3 is 0 Å². The molecule has 0 bridgehead atoms. The fraction of sp³-hybridized carbons (Fsp3) is 0.412. The summed E-state index contributed by atoms with van der Waals surface area (Å²) in [6.07, 6.45) is 3.58. The van der Waals surface area contributed by atoms with Gasteiger partial charge in [-0.15, -0.1) is 6.58 Å². The lowest BCUT2D eigenvalue weighted by Gasteiger charge is -2.26. The van der Waals surface area contributed by atoms with Gasteiger partial charge in [0.05, 0.1) is 4.90 Å². The molecule has 1 aliphatic rings. The fourth-order valence-corrected chi connectivity index (χ4v) is 4.61. The molecule has 0 aliphatic carbocycles. The Labute approximate surface area is 128 Å². The van der Waals surface area contributed by atoms with Gasteiger partial charge in [0.1, 0.15) is 0 Å². The van der Waals surface area contributed by atoms with Crippen LogP contribution < -0.4 is 0 Å². The fourth-order valence-electron chi connectivity index (χ4n) is 2.93. The molecule has 1 fully saturated rings. The van der Waals surface area contributed by atoms with Crippen LogP contribution in [0.3, 0.4) is 0 Å². The summed E-state index contributed by atoms with van der Waals surface area (Å²) < 4.78 is 27.4. The van der Waals surface area contributed by atoms with E-state index in [-0.39, 0.29) is 12.0 Å². The molecule has 114 valence electrons. The number of rotatable bonds is 5. The molecule has 0 unspecified atom stereocenters. The second kappa shape index (κ2) is 6.16. The third-order valence-electron chi connectivity index (χ3n) is 4.08. The SMILES string of the molecule is C=C[C@@H]1C(=C)CN(S(=O)(=O)c2ccc(C)cc2)[C@@H]1CCC. The summed E-state index contributed by atoms with van der Waals surface area (Å²) >= 11 is 0. The Kier molecular flexibility index (Phi) is 4.69. The van der Waals surface area contributed by atoms with E-state index < -0.39 is 10.0 Å². The predicted octanol–water partition coefficient (Wildman–Crippen LogP) is 3.53. The van der Waals surface area contributed by atoms with E-state index >= 15 is 0 Å². The van der Waals surface area contributed by atoms with Crippen molar-refractivity contribution in [2.24, 2.45) is 5.92 Å². The minimum Gasteiger partial charge on any atom is -0.207 e. The second-order valence-corrected chi connectivity index (χ2v) is 7.53. The lowest BCUT2D eigenvalue weighted by Crippen LogP contribution is -2.37. The van der Waals surface area contributed by atoms with Crippen molar-refractivity contribution in [3.8, 4) is 0 Å². The van der Waals surface area contributed by atoms with Crippen LogP contribution in [-0.2, 0) is 10.0 Å². The van der Waals surface area contributed by atoms with Gasteiger partial charge in [-0.1, -0.05) is 49.3 Å². The maximum atomic E-state index is 12.9. The molecule has 1 aromatic rings. The van der Waals surface area contributed by atoms with Gasteiger partial charge in [0.25, 0.3) is 0 Å². The zero-order valence-electron chi connectivity index (χ0n) is 12.7. The predicted molar refractivity (Wildman–Crippen MR) is 86.6 cm³/mol. The van der Waals surface area contributed by atoms with E-state index in [1.54, 1.807) is 16.4 Å². The highest BCUT2D eigenvalue weighted by atomic mass is 32.2. The highest BCUT2D eigenvalue weighted by molar-refractivity contribution is 7.89. The normalized spacial score (nSPS) is 23.4. The molecule has 21 heavy (non-hydrogen) atoms. The zero-order valence-corrected chi connectivity index (χ0v) is 13.6. The molecule has 1 aliphatic heterocycles. The van der Waals surface area contributed by atoms with Gasteiger partial charge < -0.3 is 0 Å². The van der Waals surface area contributed by atoms with Crippen molar-refractivity contribution in [3.63, 3.8) is 0 Å². The van der Waals surface area contributed by atoms with Crippen LogP contribution in [0.25, 0.3) is 0 Å². The first kappa shape index (κ1) is 16.0. The third kappa shape index (κ3) is 2.97. The maximum absolute atomic E-state index is 12.9. The number of hydrogen-bond donors (Lipinski definition) is 0. The summed E-state index contributed by atoms with van der Waals surface area (Å²) in [4.78, 5) is 0.353. The van der Waals surface area contributed by atoms with Crippen LogP contribution in [0.4, 0.5) is 0 Å². The number of sulfonamides is 1. The van der Waals surface area contributed by atoms with E-state index in [1.807, 2.05) is 25.1 Å². The highest BCUT2D eigenvalue weighted by Gasteiger charge is 2.41. The van der Waals surface area contributed by atoms with E-state index in [1.165, 1.54) is 0 Å². The molecule has 0 spiro atoms. The van der Waals surface area contributed by atoms with Crippen LogP contribution in [0.1, 0.15) is 25.3 Å². The van der Waals surface area contributed by atoms with E-state index in [9.17, 15) is 8.42 Å². The molecule has 4 heteroatoms. The van der Waals surface area contributed by atoms with Crippen molar-refractivity contribution >= 4 is 10.0 Å². The Morgan fingerprint density at radius 2 is 1.95 bits per heavy atom. The van der Waals surface area contributed by atoms with E-state index in [2.05, 4.69) is 20.1 Å². The summed E-state index contributed by atoms with van der Waals surface area (Å²) in [7, 11) is -3.48. The molecule has 2 rings (SSSR count). The average Bonchev–Trinajstić information content (AvgIpc) is 2.76. The molecule has 0 radical (unpaired) electrons. The lowest BCUT2D eigenvalue weighted by molar-refractivity contribution is 0.342. The first-order valence-electron chi connectivity index (χ1n) is 7.30. The number of benzene rings is 1. The van der Waals surface area contributed by atoms with Gasteiger partial charge in [-0.05, 0) is 25.5 Å². The Hall–Kier alpha value is -1.39. The van der Waals surface area contributed by atoms with Crippen LogP contribution in [0.2, 0.25) is 0 Å². The number of aryl methyl sites for hydroxylation is 1. The molecular formula is C17H23NO2S. The molecular weight excluding hydrogens is 282 g/mol. The Morgan fingerprint density at radius 1 is 1.33 bits per heavy atom. The molecule has 0 saturated carbocycles. The maximum Gasteiger partial charge on any atom is 0.243 e. The molecule has 0 N–H and O–H groups in total. The highest BCUT2D eigenvalue weighted by Crippen LogP contribution is 2.36. The molecule has 1 aromatic carbocycles. The zero-order chi connectivity index (χ0) is 15.6. The largest absolute Gasteiger partial charge is 0.243 e. The Balaban J connectivity index is 2.40. The third-order valence-corrected chi connectivity index (χ3v) is 5.97. The minimum absolute atomic E-state index is 0.0465. The van der Waals surface area contributed by atoms with Crippen LogP contribution in [-0.4, -0.2) is 25.3 Å². The average molecular weight is 305 g/mol. The van der Waals surface area contributed by atoms with Gasteiger partial charge in [-0.3, -0.25) is 0 Å². The van der Waals surface area contributed by atoms with Crippen molar-refractivity contribution < 1.29 is 8.42 Å². The van der Waals surface area contributed by atoms with Crippen LogP contribution >= 0.6 is 0 Å². The van der Waals surface area contributed by atoms with Crippen LogP contribution in [0, 0.1) is 12.8 Å². The van der Waals surface area contributed by atoms with Gasteiger partial charge in [-0.2, -0.15) is 4.31 Å². The van der Waals surface area contributed by atoms with E-state index in [0.717, 1.165) is 24.0 Å². The van der Waals surface area contributed by atoms with Crippen molar-refractivity contribution in [3.05, 3.63) is 54.6 Å². The summed E-state index contributed by atoms with van der Waals surface area (Å²) in [6.45, 7) is 12.3. The standard InChI is InChI=1S/C17H23NO2S/c1-5-7-17-16(6-2)14(4)12-18(17)21(19,20)15-10-8-13(3)9-11-15/h6,8-11,16-17H,2,4-5,7,12H2,1,3H3/t16-,17-/m1/s1. The molecule has 2 atom stereocenters. The summed E-state index contributed by atoms with van der Waals surface area (Å²) in [6, 6.07) is 6.95. The molecule has 0 aromatic heterocycles. The topological polar surface area (TPSA) is 37.4 Å². The second-order valence-electron chi connectivity index (χ2n) is 5.64. The first-order valence-corrected chi connectivity index (χ1v) is 8.74. The lowest BCUT2D eigenvalue weighted by atomic mass is 9.94. The summed E-state index contributed by atoms with van der Waals surface area (Å²) in [5, 5.41) is 0. The van der Waals surface area contributed by atoms with Crippen molar-refractivity contribution in [1.29, 1.82) is 0 Å². The van der Waals surface area contributed by atoms with E-state index in [0.29, 0.717) is 11.4 Å². The van der Waals surface area contributed by atoms with Gasteiger partial charge in [0.15, 0.2) is 0 Å². The molecule has 3 nitrogen and oxygen atoms in total. The van der Waals surface area contributed by atoms with Crippen LogP contribution in [0.15, 0.2) is 54.0 Å². The quantitative estimate of drug-likeness (QED) is 0.780. The first-order chi connectivity index (χ1) is 9.91. The monoisotopic (exact) mass is 305 g/mol. The van der Waals surface area contributed by atoms with Crippen molar-refractivity contribution in [2.75, 3.05) is 6.54 Å². The minimum atomic E-state index is -3.48. The Bertz CT molecular complexity index is 631. The van der Waals surface area contributed by atoms with Crippen LogP contribution in [0.5, 0.6) is 0 Å². The molecule has 1 saturated heterocycles. The van der Waals surface area contributed by atoms with E-state index in [4.69, 9.17) is 0 Å². The molecule has 1 heterocycles.